The van der Waals surface area contributed by atoms with Crippen molar-refractivity contribution in [2.45, 2.75) is 38.8 Å². The molecule has 0 aromatic carbocycles. The van der Waals surface area contributed by atoms with Gasteiger partial charge in [-0.3, -0.25) is 14.5 Å². The number of aryl methyl sites for hydroxylation is 2. The van der Waals surface area contributed by atoms with Crippen molar-refractivity contribution in [2.75, 3.05) is 31.9 Å². The summed E-state index contributed by atoms with van der Waals surface area (Å²) in [6, 6.07) is 0.765. The largest absolute Gasteiger partial charge is 0.384 e. The first-order chi connectivity index (χ1) is 9.15. The van der Waals surface area contributed by atoms with Gasteiger partial charge in [0.05, 0.1) is 5.69 Å². The van der Waals surface area contributed by atoms with Gasteiger partial charge in [0.15, 0.2) is 0 Å². The summed E-state index contributed by atoms with van der Waals surface area (Å²) in [6.45, 7) is 7.95. The fraction of sp³-hybridized carbons (Fsp3) is 0.786. The van der Waals surface area contributed by atoms with E-state index in [9.17, 15) is 0 Å². The SMILES string of the molecule is Cc1nn(C)c(N)c1CN1CCCN2CCCC2C1. The molecule has 0 bridgehead atoms. The van der Waals surface area contributed by atoms with Crippen molar-refractivity contribution in [3.63, 3.8) is 0 Å². The van der Waals surface area contributed by atoms with Gasteiger partial charge in [0.2, 0.25) is 0 Å². The highest BCUT2D eigenvalue weighted by atomic mass is 15.3. The lowest BCUT2D eigenvalue weighted by Gasteiger charge is -2.25. The number of nitrogen functional groups attached to an aromatic ring is 1. The highest BCUT2D eigenvalue weighted by Gasteiger charge is 2.29. The van der Waals surface area contributed by atoms with Gasteiger partial charge in [-0.2, -0.15) is 5.10 Å². The van der Waals surface area contributed by atoms with E-state index in [0.717, 1.165) is 24.1 Å². The van der Waals surface area contributed by atoms with Gasteiger partial charge >= 0.3 is 0 Å². The van der Waals surface area contributed by atoms with E-state index in [4.69, 9.17) is 5.73 Å². The molecular weight excluding hydrogens is 238 g/mol. The smallest absolute Gasteiger partial charge is 0.126 e. The monoisotopic (exact) mass is 263 g/mol. The number of fused-ring (bicyclic) bond motifs is 1. The quantitative estimate of drug-likeness (QED) is 0.864. The van der Waals surface area contributed by atoms with E-state index in [-0.39, 0.29) is 0 Å². The number of nitrogens with zero attached hydrogens (tertiary/aromatic N) is 4. The maximum atomic E-state index is 6.13. The molecule has 1 atom stereocenters. The van der Waals surface area contributed by atoms with E-state index in [1.807, 2.05) is 7.05 Å². The van der Waals surface area contributed by atoms with Gasteiger partial charge in [-0.15, -0.1) is 0 Å². The lowest BCUT2D eigenvalue weighted by Crippen LogP contribution is -2.36. The second kappa shape index (κ2) is 5.13. The summed E-state index contributed by atoms with van der Waals surface area (Å²) in [5, 5.41) is 4.42. The van der Waals surface area contributed by atoms with Crippen molar-refractivity contribution >= 4 is 5.82 Å². The minimum absolute atomic E-state index is 0.765. The minimum atomic E-state index is 0.765. The van der Waals surface area contributed by atoms with E-state index in [1.54, 1.807) is 4.68 Å². The molecule has 0 saturated carbocycles. The van der Waals surface area contributed by atoms with Gasteiger partial charge in [0.25, 0.3) is 0 Å². The van der Waals surface area contributed by atoms with E-state index >= 15 is 0 Å². The molecule has 2 fully saturated rings. The molecule has 3 heterocycles. The molecular formula is C14H25N5. The van der Waals surface area contributed by atoms with E-state index in [1.165, 1.54) is 51.0 Å². The normalized spacial score (nSPS) is 25.5. The second-order valence-corrected chi connectivity index (χ2v) is 5.99. The van der Waals surface area contributed by atoms with Gasteiger partial charge in [-0.1, -0.05) is 0 Å². The molecule has 106 valence electrons. The Morgan fingerprint density at radius 3 is 2.79 bits per heavy atom. The van der Waals surface area contributed by atoms with E-state index in [2.05, 4.69) is 21.8 Å². The third-order valence-corrected chi connectivity index (χ3v) is 4.66. The summed E-state index contributed by atoms with van der Waals surface area (Å²) < 4.78 is 1.80. The predicted molar refractivity (Wildman–Crippen MR) is 76.8 cm³/mol. The molecule has 5 nitrogen and oxygen atoms in total. The summed E-state index contributed by atoms with van der Waals surface area (Å²) in [5.74, 6) is 0.824. The van der Waals surface area contributed by atoms with Crippen LogP contribution in [0.1, 0.15) is 30.5 Å². The zero-order valence-electron chi connectivity index (χ0n) is 12.1. The van der Waals surface area contributed by atoms with Crippen molar-refractivity contribution < 1.29 is 0 Å². The summed E-state index contributed by atoms with van der Waals surface area (Å²) >= 11 is 0. The minimum Gasteiger partial charge on any atom is -0.384 e. The first kappa shape index (κ1) is 12.9. The highest BCUT2D eigenvalue weighted by molar-refractivity contribution is 5.42. The molecule has 2 saturated heterocycles. The van der Waals surface area contributed by atoms with Crippen LogP contribution in [0.3, 0.4) is 0 Å². The molecule has 3 rings (SSSR count). The number of anilines is 1. The van der Waals surface area contributed by atoms with Gasteiger partial charge in [0, 0.05) is 31.7 Å². The van der Waals surface area contributed by atoms with Crippen molar-refractivity contribution in [1.29, 1.82) is 0 Å². The molecule has 0 amide bonds. The van der Waals surface area contributed by atoms with Crippen molar-refractivity contribution in [1.82, 2.24) is 19.6 Å². The van der Waals surface area contributed by atoms with Crippen LogP contribution in [-0.2, 0) is 13.6 Å². The van der Waals surface area contributed by atoms with Crippen LogP contribution in [0.25, 0.3) is 0 Å². The van der Waals surface area contributed by atoms with E-state index in [0.29, 0.717) is 0 Å². The molecule has 0 aliphatic carbocycles. The number of hydrogen-bond donors (Lipinski definition) is 1. The first-order valence-corrected chi connectivity index (χ1v) is 7.39. The van der Waals surface area contributed by atoms with Crippen LogP contribution in [0.4, 0.5) is 5.82 Å². The molecule has 0 radical (unpaired) electrons. The first-order valence-electron chi connectivity index (χ1n) is 7.39. The molecule has 1 aromatic rings. The molecule has 2 N–H and O–H groups in total. The van der Waals surface area contributed by atoms with Gasteiger partial charge in [-0.25, -0.2) is 0 Å². The Labute approximate surface area is 115 Å². The van der Waals surface area contributed by atoms with Crippen LogP contribution in [0, 0.1) is 6.92 Å². The Hall–Kier alpha value is -1.07. The van der Waals surface area contributed by atoms with Crippen LogP contribution in [0.2, 0.25) is 0 Å². The summed E-state index contributed by atoms with van der Waals surface area (Å²) in [5.41, 5.74) is 8.42. The molecule has 5 heteroatoms. The van der Waals surface area contributed by atoms with Crippen molar-refractivity contribution in [2.24, 2.45) is 7.05 Å². The topological polar surface area (TPSA) is 50.3 Å². The molecule has 2 aliphatic rings. The van der Waals surface area contributed by atoms with Gasteiger partial charge in [0.1, 0.15) is 5.82 Å². The lowest BCUT2D eigenvalue weighted by atomic mass is 10.2. The average Bonchev–Trinajstić information content (AvgIpc) is 2.83. The standard InChI is InChI=1S/C14H25N5/c1-11-13(14(15)17(2)16-11)10-18-6-4-8-19-7-3-5-12(19)9-18/h12H,3-10,15H2,1-2H3. The van der Waals surface area contributed by atoms with E-state index < -0.39 is 0 Å². The zero-order valence-corrected chi connectivity index (χ0v) is 12.1. The van der Waals surface area contributed by atoms with Crippen LogP contribution in [0.5, 0.6) is 0 Å². The Bertz CT molecular complexity index is 453. The Morgan fingerprint density at radius 1 is 1.26 bits per heavy atom. The fourth-order valence-corrected chi connectivity index (χ4v) is 3.57. The number of nitrogens with two attached hydrogens (primary N) is 1. The molecule has 1 unspecified atom stereocenters. The third kappa shape index (κ3) is 2.49. The predicted octanol–water partition coefficient (Wildman–Crippen LogP) is 0.981. The third-order valence-electron chi connectivity index (χ3n) is 4.66. The summed E-state index contributed by atoms with van der Waals surface area (Å²) in [4.78, 5) is 5.23. The van der Waals surface area contributed by atoms with Gasteiger partial charge in [-0.05, 0) is 45.8 Å². The Kier molecular flexibility index (Phi) is 3.50. The lowest BCUT2D eigenvalue weighted by molar-refractivity contribution is 0.215. The molecule has 1 aromatic heterocycles. The molecule has 0 spiro atoms. The van der Waals surface area contributed by atoms with Crippen LogP contribution >= 0.6 is 0 Å². The maximum absolute atomic E-state index is 6.13. The zero-order chi connectivity index (χ0) is 13.4. The Morgan fingerprint density at radius 2 is 2.05 bits per heavy atom. The summed E-state index contributed by atoms with van der Waals surface area (Å²) in [6.07, 6.45) is 4.00. The molecule has 19 heavy (non-hydrogen) atoms. The van der Waals surface area contributed by atoms with Crippen molar-refractivity contribution in [3.8, 4) is 0 Å². The number of aromatic nitrogens is 2. The second-order valence-electron chi connectivity index (χ2n) is 5.99. The van der Waals surface area contributed by atoms with Crippen LogP contribution in [-0.4, -0.2) is 51.8 Å². The van der Waals surface area contributed by atoms with Crippen LogP contribution < -0.4 is 5.73 Å². The average molecular weight is 263 g/mol. The number of hydrogen-bond acceptors (Lipinski definition) is 4. The maximum Gasteiger partial charge on any atom is 0.126 e. The van der Waals surface area contributed by atoms with Crippen molar-refractivity contribution in [3.05, 3.63) is 11.3 Å². The highest BCUT2D eigenvalue weighted by Crippen LogP contribution is 2.24. The fourth-order valence-electron chi connectivity index (χ4n) is 3.57. The Balaban J connectivity index is 1.72. The summed E-state index contributed by atoms with van der Waals surface area (Å²) in [7, 11) is 1.92. The van der Waals surface area contributed by atoms with Crippen LogP contribution in [0.15, 0.2) is 0 Å². The van der Waals surface area contributed by atoms with Gasteiger partial charge < -0.3 is 5.73 Å². The number of rotatable bonds is 2. The molecule has 2 aliphatic heterocycles.